The van der Waals surface area contributed by atoms with E-state index in [2.05, 4.69) is 20.3 Å². The standard InChI is InChI=1S/C14H27N5O2/c1-7-15-11-16-12(18-13(17-11)21-10(3)4)19(8-2)9-14(5,6)20/h10,20H,7-9H2,1-6H3,(H,15,16,17,18). The van der Waals surface area contributed by atoms with Gasteiger partial charge in [0.1, 0.15) is 0 Å². The van der Waals surface area contributed by atoms with Crippen molar-refractivity contribution in [1.29, 1.82) is 0 Å². The van der Waals surface area contributed by atoms with Crippen molar-refractivity contribution in [2.24, 2.45) is 0 Å². The minimum absolute atomic E-state index is 0.0147. The Balaban J connectivity index is 3.09. The summed E-state index contributed by atoms with van der Waals surface area (Å²) >= 11 is 0. The van der Waals surface area contributed by atoms with Crippen molar-refractivity contribution in [3.8, 4) is 6.01 Å². The van der Waals surface area contributed by atoms with Crippen molar-refractivity contribution in [2.45, 2.75) is 53.2 Å². The van der Waals surface area contributed by atoms with Gasteiger partial charge in [-0.2, -0.15) is 15.0 Å². The number of likely N-dealkylation sites (N-methyl/N-ethyl adjacent to an activating group) is 1. The molecule has 1 rings (SSSR count). The Labute approximate surface area is 126 Å². The van der Waals surface area contributed by atoms with E-state index in [4.69, 9.17) is 4.74 Å². The van der Waals surface area contributed by atoms with Crippen molar-refractivity contribution >= 4 is 11.9 Å². The van der Waals surface area contributed by atoms with Crippen molar-refractivity contribution in [2.75, 3.05) is 29.9 Å². The zero-order chi connectivity index (χ0) is 16.0. The van der Waals surface area contributed by atoms with Gasteiger partial charge in [0.2, 0.25) is 11.9 Å². The Morgan fingerprint density at radius 2 is 1.90 bits per heavy atom. The van der Waals surface area contributed by atoms with E-state index in [9.17, 15) is 5.11 Å². The normalized spacial score (nSPS) is 11.6. The first-order valence-corrected chi connectivity index (χ1v) is 7.39. The Morgan fingerprint density at radius 3 is 2.38 bits per heavy atom. The molecule has 7 nitrogen and oxygen atoms in total. The van der Waals surface area contributed by atoms with E-state index in [1.165, 1.54) is 0 Å². The Morgan fingerprint density at radius 1 is 1.24 bits per heavy atom. The second kappa shape index (κ2) is 7.40. The first-order valence-electron chi connectivity index (χ1n) is 7.39. The average Bonchev–Trinajstić information content (AvgIpc) is 2.34. The number of anilines is 2. The summed E-state index contributed by atoms with van der Waals surface area (Å²) in [4.78, 5) is 14.9. The van der Waals surface area contributed by atoms with Gasteiger partial charge in [0, 0.05) is 19.6 Å². The zero-order valence-electron chi connectivity index (χ0n) is 13.8. The lowest BCUT2D eigenvalue weighted by molar-refractivity contribution is 0.0871. The highest BCUT2D eigenvalue weighted by molar-refractivity contribution is 5.38. The second-order valence-electron chi connectivity index (χ2n) is 5.77. The van der Waals surface area contributed by atoms with E-state index in [-0.39, 0.29) is 6.10 Å². The molecule has 0 aliphatic heterocycles. The maximum Gasteiger partial charge on any atom is 0.323 e. The Kier molecular flexibility index (Phi) is 6.14. The molecule has 0 atom stereocenters. The van der Waals surface area contributed by atoms with Gasteiger partial charge in [-0.15, -0.1) is 0 Å². The molecule has 0 radical (unpaired) electrons. The predicted octanol–water partition coefficient (Wildman–Crippen LogP) is 1.69. The van der Waals surface area contributed by atoms with Crippen LogP contribution in [0.25, 0.3) is 0 Å². The number of nitrogens with zero attached hydrogens (tertiary/aromatic N) is 4. The third kappa shape index (κ3) is 6.12. The number of ether oxygens (including phenoxy) is 1. The zero-order valence-corrected chi connectivity index (χ0v) is 13.8. The van der Waals surface area contributed by atoms with Crippen LogP contribution in [-0.2, 0) is 0 Å². The molecule has 7 heteroatoms. The van der Waals surface area contributed by atoms with Crippen molar-refractivity contribution in [1.82, 2.24) is 15.0 Å². The summed E-state index contributed by atoms with van der Waals surface area (Å²) in [6.07, 6.45) is -0.0147. The van der Waals surface area contributed by atoms with Crippen LogP contribution in [0.3, 0.4) is 0 Å². The van der Waals surface area contributed by atoms with E-state index in [0.717, 1.165) is 0 Å². The van der Waals surface area contributed by atoms with Crippen molar-refractivity contribution in [3.05, 3.63) is 0 Å². The van der Waals surface area contributed by atoms with Gasteiger partial charge in [0.15, 0.2) is 0 Å². The molecular weight excluding hydrogens is 270 g/mol. The molecule has 0 saturated heterocycles. The van der Waals surface area contributed by atoms with Crippen molar-refractivity contribution in [3.63, 3.8) is 0 Å². The van der Waals surface area contributed by atoms with Crippen LogP contribution in [0.5, 0.6) is 6.01 Å². The van der Waals surface area contributed by atoms with E-state index in [1.807, 2.05) is 32.6 Å². The molecule has 2 N–H and O–H groups in total. The third-order valence-electron chi connectivity index (χ3n) is 2.52. The molecule has 0 aliphatic carbocycles. The van der Waals surface area contributed by atoms with E-state index in [0.29, 0.717) is 37.5 Å². The molecular formula is C14H27N5O2. The summed E-state index contributed by atoms with van der Waals surface area (Å²) in [6.45, 7) is 13.1. The number of aliphatic hydroxyl groups is 1. The quantitative estimate of drug-likeness (QED) is 0.755. The number of nitrogens with one attached hydrogen (secondary N) is 1. The molecule has 0 aliphatic rings. The number of hydrogen-bond donors (Lipinski definition) is 2. The molecule has 0 amide bonds. The summed E-state index contributed by atoms with van der Waals surface area (Å²) < 4.78 is 5.58. The molecule has 0 unspecified atom stereocenters. The Hall–Kier alpha value is -1.63. The number of aromatic nitrogens is 3. The molecule has 0 fully saturated rings. The fourth-order valence-corrected chi connectivity index (χ4v) is 1.78. The van der Waals surface area contributed by atoms with Crippen LogP contribution in [0.1, 0.15) is 41.5 Å². The maximum atomic E-state index is 10.0. The topological polar surface area (TPSA) is 83.4 Å². The SMILES string of the molecule is CCNc1nc(OC(C)C)nc(N(CC)CC(C)(C)O)n1. The van der Waals surface area contributed by atoms with Crippen LogP contribution < -0.4 is 15.0 Å². The first kappa shape index (κ1) is 17.4. The van der Waals surface area contributed by atoms with Crippen LogP contribution in [0.4, 0.5) is 11.9 Å². The van der Waals surface area contributed by atoms with Gasteiger partial charge in [0.25, 0.3) is 0 Å². The monoisotopic (exact) mass is 297 g/mol. The molecule has 0 aromatic carbocycles. The van der Waals surface area contributed by atoms with Crippen LogP contribution in [-0.4, -0.2) is 51.4 Å². The first-order chi connectivity index (χ1) is 9.75. The van der Waals surface area contributed by atoms with E-state index >= 15 is 0 Å². The smallest absolute Gasteiger partial charge is 0.323 e. The maximum absolute atomic E-state index is 10.0. The lowest BCUT2D eigenvalue weighted by Gasteiger charge is -2.28. The molecule has 21 heavy (non-hydrogen) atoms. The number of hydrogen-bond acceptors (Lipinski definition) is 7. The minimum Gasteiger partial charge on any atom is -0.461 e. The second-order valence-corrected chi connectivity index (χ2v) is 5.77. The van der Waals surface area contributed by atoms with Gasteiger partial charge >= 0.3 is 6.01 Å². The highest BCUT2D eigenvalue weighted by Crippen LogP contribution is 2.18. The van der Waals surface area contributed by atoms with Crippen LogP contribution >= 0.6 is 0 Å². The third-order valence-corrected chi connectivity index (χ3v) is 2.52. The highest BCUT2D eigenvalue weighted by atomic mass is 16.5. The summed E-state index contributed by atoms with van der Waals surface area (Å²) in [5.41, 5.74) is -0.833. The molecule has 1 aromatic heterocycles. The molecule has 120 valence electrons. The van der Waals surface area contributed by atoms with Crippen LogP contribution in [0, 0.1) is 0 Å². The van der Waals surface area contributed by atoms with Gasteiger partial charge in [-0.05, 0) is 41.5 Å². The van der Waals surface area contributed by atoms with Gasteiger partial charge in [0.05, 0.1) is 11.7 Å². The minimum atomic E-state index is -0.833. The molecule has 0 spiro atoms. The van der Waals surface area contributed by atoms with Gasteiger partial charge in [-0.25, -0.2) is 0 Å². The summed E-state index contributed by atoms with van der Waals surface area (Å²) in [7, 11) is 0. The average molecular weight is 297 g/mol. The molecule has 0 bridgehead atoms. The molecule has 1 heterocycles. The van der Waals surface area contributed by atoms with Gasteiger partial charge in [-0.3, -0.25) is 0 Å². The predicted molar refractivity (Wildman–Crippen MR) is 83.9 cm³/mol. The van der Waals surface area contributed by atoms with Gasteiger partial charge in [-0.1, -0.05) is 0 Å². The molecule has 0 saturated carbocycles. The van der Waals surface area contributed by atoms with Crippen molar-refractivity contribution < 1.29 is 9.84 Å². The lowest BCUT2D eigenvalue weighted by Crippen LogP contribution is -2.39. The lowest BCUT2D eigenvalue weighted by atomic mass is 10.1. The highest BCUT2D eigenvalue weighted by Gasteiger charge is 2.21. The number of rotatable bonds is 8. The summed E-state index contributed by atoms with van der Waals surface area (Å²) in [6, 6.07) is 0.292. The summed E-state index contributed by atoms with van der Waals surface area (Å²) in [5, 5.41) is 13.1. The molecule has 1 aromatic rings. The Bertz CT molecular complexity index is 445. The van der Waals surface area contributed by atoms with E-state index in [1.54, 1.807) is 13.8 Å². The van der Waals surface area contributed by atoms with E-state index < -0.39 is 5.60 Å². The van der Waals surface area contributed by atoms with Crippen LogP contribution in [0.15, 0.2) is 0 Å². The summed E-state index contributed by atoms with van der Waals surface area (Å²) in [5.74, 6) is 0.980. The largest absolute Gasteiger partial charge is 0.461 e. The fourth-order valence-electron chi connectivity index (χ4n) is 1.78. The van der Waals surface area contributed by atoms with Crippen LogP contribution in [0.2, 0.25) is 0 Å². The fraction of sp³-hybridized carbons (Fsp3) is 0.786. The van der Waals surface area contributed by atoms with Gasteiger partial charge < -0.3 is 20.1 Å².